The van der Waals surface area contributed by atoms with Crippen LogP contribution in [0.15, 0.2) is 24.3 Å². The van der Waals surface area contributed by atoms with E-state index in [1.54, 1.807) is 6.92 Å². The second-order valence-electron chi connectivity index (χ2n) is 10.9. The average Bonchev–Trinajstić information content (AvgIpc) is 2.71. The van der Waals surface area contributed by atoms with Gasteiger partial charge in [-0.1, -0.05) is 24.3 Å². The van der Waals surface area contributed by atoms with Gasteiger partial charge in [-0.2, -0.15) is 0 Å². The molecule has 7 heteroatoms. The molecule has 3 rings (SSSR count). The highest BCUT2D eigenvalue weighted by Crippen LogP contribution is 2.54. The molecular weight excluding hydrogens is 369 g/mol. The zero-order valence-corrected chi connectivity index (χ0v) is 18.9. The number of rotatable bonds is 3. The molecule has 0 aromatic heterocycles. The molecule has 0 unspecified atom stereocenters. The molecule has 1 heterocycles. The highest BCUT2D eigenvalue weighted by Gasteiger charge is 2.59. The van der Waals surface area contributed by atoms with E-state index in [-0.39, 0.29) is 0 Å². The second kappa shape index (κ2) is 6.46. The molecule has 2 fully saturated rings. The Labute approximate surface area is 174 Å². The van der Waals surface area contributed by atoms with Crippen LogP contribution in [0.2, 0.25) is 0 Å². The molecule has 160 valence electrons. The maximum Gasteiger partial charge on any atom is 0.494 e. The van der Waals surface area contributed by atoms with Gasteiger partial charge in [0.1, 0.15) is 0 Å². The van der Waals surface area contributed by atoms with Gasteiger partial charge in [0, 0.05) is 18.4 Å². The number of carbonyl (C=O) groups is 1. The van der Waals surface area contributed by atoms with Gasteiger partial charge in [0.25, 0.3) is 0 Å². The lowest BCUT2D eigenvalue weighted by Crippen LogP contribution is -2.67. The van der Waals surface area contributed by atoms with Crippen LogP contribution < -0.4 is 5.46 Å². The lowest BCUT2D eigenvalue weighted by molar-refractivity contribution is -0.152. The summed E-state index contributed by atoms with van der Waals surface area (Å²) in [4.78, 5) is 13.7. The minimum atomic E-state index is -0.983. The van der Waals surface area contributed by atoms with E-state index in [0.29, 0.717) is 12.8 Å². The summed E-state index contributed by atoms with van der Waals surface area (Å²) in [5.41, 5.74) is -1.32. The summed E-state index contributed by atoms with van der Waals surface area (Å²) in [6.07, 6.45) is -0.262. The van der Waals surface area contributed by atoms with Gasteiger partial charge in [-0.25, -0.2) is 4.79 Å². The second-order valence-corrected chi connectivity index (χ2v) is 10.9. The molecule has 1 aromatic carbocycles. The van der Waals surface area contributed by atoms with Crippen LogP contribution in [-0.2, 0) is 14.8 Å². The summed E-state index contributed by atoms with van der Waals surface area (Å²) in [5.74, 6) is 0. The maximum absolute atomic E-state index is 12.2. The van der Waals surface area contributed by atoms with E-state index in [1.807, 2.05) is 72.7 Å². The van der Waals surface area contributed by atoms with E-state index < -0.39 is 41.1 Å². The molecule has 0 atom stereocenters. The normalized spacial score (nSPS) is 30.7. The molecule has 1 aromatic rings. The third-order valence-electron chi connectivity index (χ3n) is 6.61. The summed E-state index contributed by atoms with van der Waals surface area (Å²) in [6, 6.07) is 7.76. The van der Waals surface area contributed by atoms with E-state index in [9.17, 15) is 15.0 Å². The Morgan fingerprint density at radius 1 is 1.00 bits per heavy atom. The number of hydrogen-bond donors (Lipinski definition) is 2. The van der Waals surface area contributed by atoms with Crippen LogP contribution in [0.1, 0.15) is 73.8 Å². The lowest BCUT2D eigenvalue weighted by Gasteiger charge is -2.60. The molecule has 1 saturated heterocycles. The van der Waals surface area contributed by atoms with Crippen LogP contribution >= 0.6 is 0 Å². The quantitative estimate of drug-likeness (QED) is 0.756. The summed E-state index contributed by atoms with van der Waals surface area (Å²) in [5, 5.41) is 20.5. The van der Waals surface area contributed by atoms with Crippen LogP contribution in [0.25, 0.3) is 0 Å². The fourth-order valence-electron chi connectivity index (χ4n) is 4.74. The van der Waals surface area contributed by atoms with Crippen molar-refractivity contribution in [2.45, 2.75) is 96.1 Å². The fourth-order valence-corrected chi connectivity index (χ4v) is 4.74. The van der Waals surface area contributed by atoms with Crippen LogP contribution in [-0.4, -0.2) is 50.7 Å². The Kier molecular flexibility index (Phi) is 4.93. The Morgan fingerprint density at radius 3 is 1.79 bits per heavy atom. The predicted molar refractivity (Wildman–Crippen MR) is 113 cm³/mol. The van der Waals surface area contributed by atoms with Gasteiger partial charge in [-0.15, -0.1) is 0 Å². The number of hydrogen-bond acceptors (Lipinski definition) is 4. The number of nitrogens with zero attached hydrogens (tertiary/aromatic N) is 1. The Hall–Kier alpha value is -1.57. The Morgan fingerprint density at radius 2 is 1.45 bits per heavy atom. The Bertz CT molecular complexity index is 770. The first-order valence-electron chi connectivity index (χ1n) is 10.2. The first-order valence-corrected chi connectivity index (χ1v) is 10.2. The van der Waals surface area contributed by atoms with Crippen molar-refractivity contribution >= 4 is 18.7 Å². The molecule has 29 heavy (non-hydrogen) atoms. The zero-order valence-electron chi connectivity index (χ0n) is 18.9. The van der Waals surface area contributed by atoms with Crippen molar-refractivity contribution in [3.63, 3.8) is 0 Å². The van der Waals surface area contributed by atoms with Gasteiger partial charge >= 0.3 is 13.2 Å². The third kappa shape index (κ3) is 3.69. The first kappa shape index (κ1) is 22.1. The molecule has 0 spiro atoms. The fraction of sp³-hybridized carbons (Fsp3) is 0.682. The summed E-state index contributed by atoms with van der Waals surface area (Å²) >= 11 is 0. The Balaban J connectivity index is 1.95. The smallest absolute Gasteiger partial charge is 0.465 e. The van der Waals surface area contributed by atoms with Crippen LogP contribution in [0.3, 0.4) is 0 Å². The summed E-state index contributed by atoms with van der Waals surface area (Å²) < 4.78 is 12.2. The number of aliphatic hydroxyl groups is 1. The zero-order chi connectivity index (χ0) is 22.0. The van der Waals surface area contributed by atoms with Crippen molar-refractivity contribution in [3.8, 4) is 0 Å². The molecule has 1 amide bonds. The molecule has 6 nitrogen and oxygen atoms in total. The minimum Gasteiger partial charge on any atom is -0.465 e. The molecule has 2 aliphatic rings. The van der Waals surface area contributed by atoms with Gasteiger partial charge in [0.2, 0.25) is 0 Å². The number of carboxylic acid groups (broad SMARTS) is 1. The van der Waals surface area contributed by atoms with Crippen molar-refractivity contribution in [2.75, 3.05) is 0 Å². The van der Waals surface area contributed by atoms with E-state index in [2.05, 4.69) is 0 Å². The van der Waals surface area contributed by atoms with Gasteiger partial charge < -0.3 is 19.5 Å². The van der Waals surface area contributed by atoms with Crippen molar-refractivity contribution in [3.05, 3.63) is 29.8 Å². The lowest BCUT2D eigenvalue weighted by atomic mass is 9.60. The van der Waals surface area contributed by atoms with Crippen LogP contribution in [0.4, 0.5) is 4.79 Å². The molecular formula is C22H34BNO5. The predicted octanol–water partition coefficient (Wildman–Crippen LogP) is 3.50. The molecule has 0 radical (unpaired) electrons. The van der Waals surface area contributed by atoms with Crippen LogP contribution in [0.5, 0.6) is 0 Å². The van der Waals surface area contributed by atoms with Gasteiger partial charge in [-0.05, 0) is 66.4 Å². The standard InChI is InChI=1S/C22H34BNO5/c1-18(2,3)24(17(25)26)22(13-21(8,27)14-22)15-9-11-16(12-10-15)23-28-19(4,5)20(6,7)29-23/h9-12,27H,13-14H2,1-8H3,(H,25,26)/t21-,22+. The van der Waals surface area contributed by atoms with Crippen LogP contribution in [0, 0.1) is 0 Å². The third-order valence-corrected chi connectivity index (χ3v) is 6.61. The number of benzene rings is 1. The SMILES string of the molecule is CC(C)(C)N(C(=O)O)[C@]1(c2ccc(B3OC(C)(C)C(C)(C)O3)cc2)C[C@](C)(O)C1. The first-order chi connectivity index (χ1) is 13.0. The van der Waals surface area contributed by atoms with Crippen molar-refractivity contribution < 1.29 is 24.3 Å². The summed E-state index contributed by atoms with van der Waals surface area (Å²) in [7, 11) is -0.465. The largest absolute Gasteiger partial charge is 0.494 e. The highest BCUT2D eigenvalue weighted by molar-refractivity contribution is 6.62. The van der Waals surface area contributed by atoms with Gasteiger partial charge in [0.05, 0.1) is 22.3 Å². The molecule has 2 N–H and O–H groups in total. The van der Waals surface area contributed by atoms with Gasteiger partial charge in [-0.3, -0.25) is 4.90 Å². The minimum absolute atomic E-state index is 0.361. The number of amides is 1. The van der Waals surface area contributed by atoms with E-state index in [4.69, 9.17) is 9.31 Å². The van der Waals surface area contributed by atoms with Crippen molar-refractivity contribution in [2.24, 2.45) is 0 Å². The van der Waals surface area contributed by atoms with Gasteiger partial charge in [0.15, 0.2) is 0 Å². The van der Waals surface area contributed by atoms with E-state index in [0.717, 1.165) is 11.0 Å². The molecule has 1 aliphatic heterocycles. The van der Waals surface area contributed by atoms with E-state index in [1.165, 1.54) is 4.90 Å². The maximum atomic E-state index is 12.2. The molecule has 0 bridgehead atoms. The average molecular weight is 403 g/mol. The van der Waals surface area contributed by atoms with Crippen molar-refractivity contribution in [1.82, 2.24) is 4.90 Å². The monoisotopic (exact) mass is 403 g/mol. The highest BCUT2D eigenvalue weighted by atomic mass is 16.7. The van der Waals surface area contributed by atoms with E-state index >= 15 is 0 Å². The van der Waals surface area contributed by atoms with Crippen molar-refractivity contribution in [1.29, 1.82) is 0 Å². The molecule has 1 aliphatic carbocycles. The summed E-state index contributed by atoms with van der Waals surface area (Å²) in [6.45, 7) is 15.5. The molecule has 1 saturated carbocycles. The topological polar surface area (TPSA) is 79.2 Å².